The molecule has 7 heteroatoms. The molecule has 0 aliphatic carbocycles. The first-order valence-corrected chi connectivity index (χ1v) is 8.79. The number of nitrogens with zero attached hydrogens (tertiary/aromatic N) is 1. The van der Waals surface area contributed by atoms with Crippen LogP contribution in [-0.4, -0.2) is 22.8 Å². The highest BCUT2D eigenvalue weighted by atomic mass is 35.5. The molecule has 1 aromatic heterocycles. The topological polar surface area (TPSA) is 71.1 Å². The summed E-state index contributed by atoms with van der Waals surface area (Å²) in [6, 6.07) is 6.06. The third kappa shape index (κ3) is 4.33. The van der Waals surface area contributed by atoms with Crippen molar-refractivity contribution in [3.8, 4) is 0 Å². The molecule has 0 saturated heterocycles. The van der Waals surface area contributed by atoms with E-state index in [-0.39, 0.29) is 17.7 Å². The maximum absolute atomic E-state index is 12.5. The molecule has 1 heterocycles. The zero-order chi connectivity index (χ0) is 17.9. The average Bonchev–Trinajstić information content (AvgIpc) is 2.82. The maximum atomic E-state index is 12.5. The maximum Gasteiger partial charge on any atom is 0.253 e. The Morgan fingerprint density at radius 2 is 1.88 bits per heavy atom. The summed E-state index contributed by atoms with van der Waals surface area (Å²) >= 11 is 7.45. The molecule has 2 amide bonds. The van der Waals surface area contributed by atoms with E-state index < -0.39 is 6.04 Å². The molecule has 0 aliphatic rings. The number of benzene rings is 1. The van der Waals surface area contributed by atoms with E-state index in [9.17, 15) is 9.59 Å². The Labute approximate surface area is 150 Å². The van der Waals surface area contributed by atoms with Gasteiger partial charge in [-0.25, -0.2) is 4.98 Å². The number of anilines is 1. The van der Waals surface area contributed by atoms with E-state index in [1.54, 1.807) is 24.3 Å². The summed E-state index contributed by atoms with van der Waals surface area (Å²) in [5, 5.41) is 6.42. The highest BCUT2D eigenvalue weighted by molar-refractivity contribution is 7.15. The van der Waals surface area contributed by atoms with Crippen molar-refractivity contribution in [3.63, 3.8) is 0 Å². The molecule has 0 aliphatic heterocycles. The third-order valence-corrected chi connectivity index (χ3v) is 4.93. The lowest BCUT2D eigenvalue weighted by molar-refractivity contribution is -0.118. The van der Waals surface area contributed by atoms with Crippen LogP contribution in [-0.2, 0) is 4.79 Å². The second-order valence-electron chi connectivity index (χ2n) is 5.82. The van der Waals surface area contributed by atoms with Crippen LogP contribution in [0.1, 0.15) is 34.8 Å². The molecule has 5 nitrogen and oxygen atoms in total. The molecule has 0 saturated carbocycles. The van der Waals surface area contributed by atoms with Crippen LogP contribution in [0.4, 0.5) is 5.13 Å². The molecule has 1 aromatic carbocycles. The smallest absolute Gasteiger partial charge is 0.253 e. The molecular formula is C17H20ClN3O2S. The molecule has 2 rings (SSSR count). The van der Waals surface area contributed by atoms with Crippen LogP contribution >= 0.6 is 22.9 Å². The number of aryl methyl sites for hydroxylation is 2. The lowest BCUT2D eigenvalue weighted by atomic mass is 10.0. The number of hydrogen-bond acceptors (Lipinski definition) is 4. The zero-order valence-corrected chi connectivity index (χ0v) is 15.6. The first kappa shape index (κ1) is 18.4. The summed E-state index contributed by atoms with van der Waals surface area (Å²) in [5.41, 5.74) is 1.23. The fourth-order valence-corrected chi connectivity index (χ4v) is 3.15. The van der Waals surface area contributed by atoms with Gasteiger partial charge in [0, 0.05) is 4.88 Å². The summed E-state index contributed by atoms with van der Waals surface area (Å²) in [6.45, 7) is 7.58. The van der Waals surface area contributed by atoms with Crippen LogP contribution in [0.25, 0.3) is 0 Å². The van der Waals surface area contributed by atoms with Gasteiger partial charge in [0.25, 0.3) is 5.91 Å². The second kappa shape index (κ2) is 7.77. The van der Waals surface area contributed by atoms with Gasteiger partial charge >= 0.3 is 0 Å². The van der Waals surface area contributed by atoms with Crippen LogP contribution in [0.2, 0.25) is 5.02 Å². The van der Waals surface area contributed by atoms with Gasteiger partial charge in [0.2, 0.25) is 5.91 Å². The molecule has 0 radical (unpaired) electrons. The van der Waals surface area contributed by atoms with Gasteiger partial charge in [-0.2, -0.15) is 0 Å². The Bertz CT molecular complexity index is 739. The molecule has 0 bridgehead atoms. The van der Waals surface area contributed by atoms with Crippen LogP contribution in [0.15, 0.2) is 24.3 Å². The number of carbonyl (C=O) groups is 2. The van der Waals surface area contributed by atoms with Crippen molar-refractivity contribution in [3.05, 3.63) is 45.4 Å². The van der Waals surface area contributed by atoms with E-state index in [0.29, 0.717) is 15.7 Å². The number of halogens is 1. The molecule has 128 valence electrons. The highest BCUT2D eigenvalue weighted by Gasteiger charge is 2.26. The van der Waals surface area contributed by atoms with Gasteiger partial charge in [-0.05, 0) is 31.9 Å². The predicted molar refractivity (Wildman–Crippen MR) is 97.8 cm³/mol. The number of amides is 2. The van der Waals surface area contributed by atoms with Gasteiger partial charge in [-0.15, -0.1) is 11.3 Å². The Balaban J connectivity index is 2.12. The van der Waals surface area contributed by atoms with Gasteiger partial charge in [-0.3, -0.25) is 9.59 Å². The molecule has 0 spiro atoms. The van der Waals surface area contributed by atoms with Crippen molar-refractivity contribution in [1.29, 1.82) is 0 Å². The molecule has 1 atom stereocenters. The summed E-state index contributed by atoms with van der Waals surface area (Å²) in [6.07, 6.45) is 0. The Kier molecular flexibility index (Phi) is 5.96. The minimum absolute atomic E-state index is 0.0846. The second-order valence-corrected chi connectivity index (χ2v) is 7.44. The van der Waals surface area contributed by atoms with Gasteiger partial charge in [0.05, 0.1) is 16.3 Å². The molecule has 2 N–H and O–H groups in total. The first-order chi connectivity index (χ1) is 11.3. The zero-order valence-electron chi connectivity index (χ0n) is 14.0. The molecule has 2 aromatic rings. The molecular weight excluding hydrogens is 346 g/mol. The number of rotatable bonds is 5. The molecule has 0 fully saturated rings. The number of aromatic nitrogens is 1. The van der Waals surface area contributed by atoms with Crippen molar-refractivity contribution >= 4 is 39.9 Å². The van der Waals surface area contributed by atoms with Gasteiger partial charge in [-0.1, -0.05) is 37.6 Å². The minimum Gasteiger partial charge on any atom is -0.340 e. The van der Waals surface area contributed by atoms with Gasteiger partial charge in [0.1, 0.15) is 6.04 Å². The first-order valence-electron chi connectivity index (χ1n) is 7.60. The van der Waals surface area contributed by atoms with Crippen molar-refractivity contribution in [2.24, 2.45) is 5.92 Å². The average molecular weight is 366 g/mol. The largest absolute Gasteiger partial charge is 0.340 e. The number of nitrogens with one attached hydrogen (secondary N) is 2. The predicted octanol–water partition coefficient (Wildman–Crippen LogP) is 3.81. The molecule has 1 unspecified atom stereocenters. The molecule has 24 heavy (non-hydrogen) atoms. The van der Waals surface area contributed by atoms with Crippen molar-refractivity contribution < 1.29 is 9.59 Å². The van der Waals surface area contributed by atoms with E-state index >= 15 is 0 Å². The van der Waals surface area contributed by atoms with E-state index in [1.807, 2.05) is 27.7 Å². The monoisotopic (exact) mass is 365 g/mol. The van der Waals surface area contributed by atoms with E-state index in [0.717, 1.165) is 10.6 Å². The van der Waals surface area contributed by atoms with E-state index in [2.05, 4.69) is 15.6 Å². The number of carbonyl (C=O) groups excluding carboxylic acids is 2. The highest BCUT2D eigenvalue weighted by Crippen LogP contribution is 2.22. The summed E-state index contributed by atoms with van der Waals surface area (Å²) in [4.78, 5) is 30.3. The van der Waals surface area contributed by atoms with Crippen LogP contribution in [0.3, 0.4) is 0 Å². The third-order valence-electron chi connectivity index (χ3n) is 3.61. The number of hydrogen-bond donors (Lipinski definition) is 2. The van der Waals surface area contributed by atoms with Gasteiger partial charge < -0.3 is 10.6 Å². The Morgan fingerprint density at radius 3 is 2.42 bits per heavy atom. The van der Waals surface area contributed by atoms with Crippen molar-refractivity contribution in [1.82, 2.24) is 10.3 Å². The summed E-state index contributed by atoms with van der Waals surface area (Å²) in [7, 11) is 0. The van der Waals surface area contributed by atoms with Crippen LogP contribution in [0.5, 0.6) is 0 Å². The fourth-order valence-electron chi connectivity index (χ4n) is 2.11. The Hall–Kier alpha value is -1.92. The lowest BCUT2D eigenvalue weighted by Gasteiger charge is -2.21. The van der Waals surface area contributed by atoms with Crippen molar-refractivity contribution in [2.75, 3.05) is 5.32 Å². The summed E-state index contributed by atoms with van der Waals surface area (Å²) in [5.74, 6) is -0.751. The normalized spacial score (nSPS) is 12.1. The minimum atomic E-state index is -0.682. The standard InChI is InChI=1S/C17H20ClN3O2S/c1-9(2)14(16(23)21-17-19-10(3)11(4)24-17)20-15(22)12-7-5-6-8-13(12)18/h5-9,14H,1-4H3,(H,20,22)(H,19,21,23). The SMILES string of the molecule is Cc1nc(NC(=O)C(NC(=O)c2ccccc2Cl)C(C)C)sc1C. The fraction of sp³-hybridized carbons (Fsp3) is 0.353. The van der Waals surface area contributed by atoms with Crippen molar-refractivity contribution in [2.45, 2.75) is 33.7 Å². The van der Waals surface area contributed by atoms with E-state index in [4.69, 9.17) is 11.6 Å². The van der Waals surface area contributed by atoms with Crippen LogP contribution in [0, 0.1) is 19.8 Å². The van der Waals surface area contributed by atoms with E-state index in [1.165, 1.54) is 11.3 Å². The lowest BCUT2D eigenvalue weighted by Crippen LogP contribution is -2.47. The summed E-state index contributed by atoms with van der Waals surface area (Å²) < 4.78 is 0. The Morgan fingerprint density at radius 1 is 1.21 bits per heavy atom. The number of thiazole rings is 1. The van der Waals surface area contributed by atoms with Crippen LogP contribution < -0.4 is 10.6 Å². The quantitative estimate of drug-likeness (QED) is 0.846. The van der Waals surface area contributed by atoms with Gasteiger partial charge in [0.15, 0.2) is 5.13 Å².